The molecule has 0 saturated carbocycles. The maximum Gasteiger partial charge on any atom is 0.490 e. The van der Waals surface area contributed by atoms with Crippen LogP contribution in [0.2, 0.25) is 0 Å². The number of hydrogen-bond acceptors (Lipinski definition) is 13. The van der Waals surface area contributed by atoms with Crippen LogP contribution < -0.4 is 10.5 Å². The number of nitrogen functional groups attached to an aromatic ring is 1. The number of anilines is 1. The third-order valence-electron chi connectivity index (χ3n) is 4.69. The second-order valence-electron chi connectivity index (χ2n) is 7.25. The van der Waals surface area contributed by atoms with Crippen LogP contribution in [0.4, 0.5) is 5.95 Å². The van der Waals surface area contributed by atoms with Gasteiger partial charge in [-0.05, 0) is 6.92 Å². The van der Waals surface area contributed by atoms with Gasteiger partial charge >= 0.3 is 23.5 Å². The van der Waals surface area contributed by atoms with Gasteiger partial charge in [0.2, 0.25) is 11.8 Å². The van der Waals surface area contributed by atoms with Crippen LogP contribution in [-0.2, 0) is 36.3 Å². The van der Waals surface area contributed by atoms with E-state index in [2.05, 4.69) is 23.6 Å². The highest BCUT2D eigenvalue weighted by atomic mass is 31.3. The van der Waals surface area contributed by atoms with Crippen LogP contribution in [0.15, 0.2) is 6.33 Å². The van der Waals surface area contributed by atoms with Crippen molar-refractivity contribution in [1.82, 2.24) is 19.5 Å². The third kappa shape index (κ3) is 5.49. The standard InChI is InChI=1S/C13H20N5O13P3/c1-2-26-10-8-9(16-12(14)17-10)18(6-15-8)11-7-3-13(29-11,4-27-7)5-28-33(22,23)31-34(24,25)30-32(19,20)21/h6-7,11H,2-5H2,1H3,(H,22,23)(H,24,25)(H2,14,16,17)(H2,19,20,21)/t7-,11-,13-/m1/s1. The summed E-state index contributed by atoms with van der Waals surface area (Å²) < 4.78 is 65.0. The van der Waals surface area contributed by atoms with Gasteiger partial charge < -0.3 is 39.5 Å². The van der Waals surface area contributed by atoms with Crippen molar-refractivity contribution >= 4 is 40.6 Å². The minimum absolute atomic E-state index is 0.0577. The van der Waals surface area contributed by atoms with Gasteiger partial charge in [0.05, 0.1) is 26.1 Å². The van der Waals surface area contributed by atoms with Gasteiger partial charge in [0, 0.05) is 6.42 Å². The summed E-state index contributed by atoms with van der Waals surface area (Å²) in [6, 6.07) is 0. The van der Waals surface area contributed by atoms with Crippen molar-refractivity contribution in [1.29, 1.82) is 0 Å². The molecule has 2 unspecified atom stereocenters. The van der Waals surface area contributed by atoms with E-state index in [4.69, 9.17) is 34.3 Å². The summed E-state index contributed by atoms with van der Waals surface area (Å²) in [7, 11) is -16.5. The van der Waals surface area contributed by atoms with Crippen molar-refractivity contribution in [3.05, 3.63) is 6.33 Å². The normalized spacial score (nSPS) is 28.1. The molecule has 190 valence electrons. The van der Waals surface area contributed by atoms with Crippen molar-refractivity contribution < 1.29 is 60.6 Å². The molecule has 6 N–H and O–H groups in total. The van der Waals surface area contributed by atoms with Gasteiger partial charge in [-0.1, -0.05) is 0 Å². The first-order chi connectivity index (χ1) is 15.7. The van der Waals surface area contributed by atoms with Crippen molar-refractivity contribution in [2.45, 2.75) is 31.3 Å². The lowest BCUT2D eigenvalue weighted by atomic mass is 10.0. The molecule has 0 spiro atoms. The number of aromatic nitrogens is 4. The molecule has 18 nitrogen and oxygen atoms in total. The fourth-order valence-corrected chi connectivity index (χ4v) is 6.64. The van der Waals surface area contributed by atoms with Crippen LogP contribution in [0.25, 0.3) is 11.2 Å². The van der Waals surface area contributed by atoms with Crippen LogP contribution >= 0.6 is 23.5 Å². The summed E-state index contributed by atoms with van der Waals surface area (Å²) in [6.07, 6.45) is 0.249. The smallest absolute Gasteiger partial charge is 0.476 e. The van der Waals surface area contributed by atoms with Gasteiger partial charge in [0.25, 0.3) is 0 Å². The predicted octanol–water partition coefficient (Wildman–Crippen LogP) is 0.207. The van der Waals surface area contributed by atoms with Crippen LogP contribution in [-0.4, -0.2) is 70.6 Å². The zero-order chi connectivity index (χ0) is 24.9. The summed E-state index contributed by atoms with van der Waals surface area (Å²) in [6.45, 7) is 1.37. The average Bonchev–Trinajstić information content (AvgIpc) is 3.36. The maximum atomic E-state index is 12.1. The highest BCUT2D eigenvalue weighted by Gasteiger charge is 2.56. The lowest BCUT2D eigenvalue weighted by molar-refractivity contribution is -0.181. The number of hydrogen-bond donors (Lipinski definition) is 5. The van der Waals surface area contributed by atoms with E-state index >= 15 is 0 Å². The van der Waals surface area contributed by atoms with Gasteiger partial charge in [-0.25, -0.2) is 18.7 Å². The Balaban J connectivity index is 1.49. The molecule has 2 aliphatic rings. The zero-order valence-corrected chi connectivity index (χ0v) is 19.9. The van der Waals surface area contributed by atoms with Crippen LogP contribution in [0.3, 0.4) is 0 Å². The van der Waals surface area contributed by atoms with E-state index in [9.17, 15) is 23.5 Å². The molecule has 4 rings (SSSR count). The summed E-state index contributed by atoms with van der Waals surface area (Å²) in [5.74, 6) is 0.111. The second-order valence-corrected chi connectivity index (χ2v) is 11.7. The summed E-state index contributed by atoms with van der Waals surface area (Å²) in [4.78, 5) is 48.6. The SMILES string of the molecule is CCOc1nc(N)nc2c1ncn2[C@@H]1O[C@@]2(COP(=O)(O)OP(=O)(O)OP(=O)(O)O)CO[C@@H]1C2. The van der Waals surface area contributed by atoms with E-state index in [1.807, 2.05) is 0 Å². The van der Waals surface area contributed by atoms with E-state index in [-0.39, 0.29) is 24.9 Å². The fourth-order valence-electron chi connectivity index (χ4n) is 3.54. The monoisotopic (exact) mass is 547 g/mol. The highest BCUT2D eigenvalue weighted by Crippen LogP contribution is 2.66. The van der Waals surface area contributed by atoms with Gasteiger partial charge in [-0.15, -0.1) is 0 Å². The lowest BCUT2D eigenvalue weighted by Crippen LogP contribution is -2.39. The Bertz CT molecular complexity index is 1230. The van der Waals surface area contributed by atoms with Gasteiger partial charge in [0.15, 0.2) is 17.4 Å². The Hall–Kier alpha value is -1.52. The molecule has 4 heterocycles. The maximum absolute atomic E-state index is 12.1. The lowest BCUT2D eigenvalue weighted by Gasteiger charge is -2.31. The molecule has 2 aromatic heterocycles. The van der Waals surface area contributed by atoms with Crippen molar-refractivity contribution in [2.75, 3.05) is 25.6 Å². The van der Waals surface area contributed by atoms with Gasteiger partial charge in [0.1, 0.15) is 11.7 Å². The zero-order valence-electron chi connectivity index (χ0n) is 17.2. The molecule has 0 aromatic carbocycles. The summed E-state index contributed by atoms with van der Waals surface area (Å²) in [5, 5.41) is 0. The van der Waals surface area contributed by atoms with Gasteiger partial charge in [-0.2, -0.15) is 18.6 Å². The molecule has 2 aromatic rings. The Morgan fingerprint density at radius 2 is 1.94 bits per heavy atom. The van der Waals surface area contributed by atoms with E-state index in [1.54, 1.807) is 6.92 Å². The van der Waals surface area contributed by atoms with Crippen LogP contribution in [0.1, 0.15) is 19.6 Å². The summed E-state index contributed by atoms with van der Waals surface area (Å²) >= 11 is 0. The number of imidazole rings is 1. The number of ether oxygens (including phenoxy) is 3. The quantitative estimate of drug-likeness (QED) is 0.249. The number of fused-ring (bicyclic) bond motifs is 3. The molecule has 2 saturated heterocycles. The van der Waals surface area contributed by atoms with Crippen molar-refractivity contribution in [2.24, 2.45) is 0 Å². The number of phosphoric ester groups is 1. The Morgan fingerprint density at radius 1 is 1.21 bits per heavy atom. The number of rotatable bonds is 10. The van der Waals surface area contributed by atoms with E-state index < -0.39 is 48.0 Å². The van der Waals surface area contributed by atoms with Gasteiger partial charge in [-0.3, -0.25) is 9.09 Å². The van der Waals surface area contributed by atoms with E-state index in [0.717, 1.165) is 0 Å². The van der Waals surface area contributed by atoms with E-state index in [1.165, 1.54) is 10.9 Å². The van der Waals surface area contributed by atoms with E-state index in [0.29, 0.717) is 17.8 Å². The van der Waals surface area contributed by atoms with Crippen molar-refractivity contribution in [3.8, 4) is 5.88 Å². The topological polar surface area (TPSA) is 257 Å². The largest absolute Gasteiger partial charge is 0.490 e. The minimum Gasteiger partial charge on any atom is -0.476 e. The van der Waals surface area contributed by atoms with Crippen LogP contribution in [0, 0.1) is 0 Å². The number of nitrogens with two attached hydrogens (primary N) is 1. The molecule has 2 fully saturated rings. The number of phosphoric acid groups is 3. The molecule has 0 aliphatic carbocycles. The molecule has 2 bridgehead atoms. The van der Waals surface area contributed by atoms with Crippen LogP contribution in [0.5, 0.6) is 5.88 Å². The Kier molecular flexibility index (Phi) is 6.66. The molecule has 21 heteroatoms. The highest BCUT2D eigenvalue weighted by molar-refractivity contribution is 7.66. The van der Waals surface area contributed by atoms with Crippen molar-refractivity contribution in [3.63, 3.8) is 0 Å². The molecule has 5 atom stereocenters. The fraction of sp³-hybridized carbons (Fsp3) is 0.615. The summed E-state index contributed by atoms with van der Waals surface area (Å²) in [5.41, 5.74) is 5.11. The number of nitrogens with zero attached hydrogens (tertiary/aromatic N) is 4. The molecular formula is C13H20N5O13P3. The first-order valence-corrected chi connectivity index (χ1v) is 13.9. The Labute approximate surface area is 190 Å². The molecule has 34 heavy (non-hydrogen) atoms. The third-order valence-corrected chi connectivity index (χ3v) is 8.47. The molecular weight excluding hydrogens is 527 g/mol. The minimum atomic E-state index is -5.63. The molecule has 0 amide bonds. The first-order valence-electron chi connectivity index (χ1n) is 9.42. The predicted molar refractivity (Wildman–Crippen MR) is 108 cm³/mol. The second kappa shape index (κ2) is 8.85. The Morgan fingerprint density at radius 3 is 2.62 bits per heavy atom. The molecule has 2 aliphatic heterocycles. The molecule has 0 radical (unpaired) electrons. The first kappa shape index (κ1) is 25.6. The average molecular weight is 547 g/mol.